The Balaban J connectivity index is 2.24. The summed E-state index contributed by atoms with van der Waals surface area (Å²) in [5.41, 5.74) is 11.3. The van der Waals surface area contributed by atoms with E-state index in [1.165, 1.54) is 0 Å². The van der Waals surface area contributed by atoms with Gasteiger partial charge in [-0.1, -0.05) is 20.3 Å². The highest BCUT2D eigenvalue weighted by atomic mass is 16.1. The molecule has 1 rings (SSSR count). The van der Waals surface area contributed by atoms with E-state index in [-0.39, 0.29) is 17.4 Å². The van der Waals surface area contributed by atoms with E-state index in [0.717, 1.165) is 32.5 Å². The van der Waals surface area contributed by atoms with Crippen molar-refractivity contribution in [1.29, 1.82) is 0 Å². The molecule has 0 aromatic rings. The lowest BCUT2D eigenvalue weighted by Gasteiger charge is -2.48. The highest BCUT2D eigenvalue weighted by Gasteiger charge is 2.38. The Bertz CT molecular complexity index is 211. The molecular formula is C10H21N3O. The van der Waals surface area contributed by atoms with Crippen LogP contribution in [-0.4, -0.2) is 36.0 Å². The van der Waals surface area contributed by atoms with Gasteiger partial charge in [-0.2, -0.15) is 0 Å². The molecule has 1 atom stereocenters. The summed E-state index contributed by atoms with van der Waals surface area (Å²) in [7, 11) is 0. The van der Waals surface area contributed by atoms with Gasteiger partial charge in [0.1, 0.15) is 0 Å². The molecule has 1 amide bonds. The molecule has 14 heavy (non-hydrogen) atoms. The normalized spacial score (nSPS) is 22.8. The number of hydrogen-bond donors (Lipinski definition) is 2. The van der Waals surface area contributed by atoms with Gasteiger partial charge in [-0.25, -0.2) is 0 Å². The molecule has 0 radical (unpaired) electrons. The van der Waals surface area contributed by atoms with Crippen molar-refractivity contribution in [3.63, 3.8) is 0 Å². The quantitative estimate of drug-likeness (QED) is 0.650. The van der Waals surface area contributed by atoms with E-state index in [0.29, 0.717) is 0 Å². The third kappa shape index (κ3) is 2.69. The number of likely N-dealkylation sites (tertiary alicyclic amines) is 1. The molecular weight excluding hydrogens is 178 g/mol. The van der Waals surface area contributed by atoms with Crippen molar-refractivity contribution in [2.45, 2.75) is 32.2 Å². The fourth-order valence-electron chi connectivity index (χ4n) is 2.11. The molecule has 0 aromatic heterocycles. The number of hydrogen-bond acceptors (Lipinski definition) is 3. The lowest BCUT2D eigenvalue weighted by molar-refractivity contribution is -0.122. The monoisotopic (exact) mass is 199 g/mol. The molecule has 82 valence electrons. The van der Waals surface area contributed by atoms with E-state index in [1.807, 2.05) is 6.92 Å². The van der Waals surface area contributed by atoms with Crippen LogP contribution in [0.3, 0.4) is 0 Å². The highest BCUT2D eigenvalue weighted by Crippen LogP contribution is 2.23. The Kier molecular flexibility index (Phi) is 3.50. The maximum absolute atomic E-state index is 10.8. The summed E-state index contributed by atoms with van der Waals surface area (Å²) >= 11 is 0. The average Bonchev–Trinajstić information content (AvgIpc) is 2.01. The van der Waals surface area contributed by atoms with Gasteiger partial charge in [-0.15, -0.1) is 0 Å². The smallest absolute Gasteiger partial charge is 0.221 e. The zero-order chi connectivity index (χ0) is 10.8. The summed E-state index contributed by atoms with van der Waals surface area (Å²) in [5, 5.41) is 0. The van der Waals surface area contributed by atoms with Crippen LogP contribution in [0.1, 0.15) is 26.7 Å². The van der Waals surface area contributed by atoms with Crippen LogP contribution >= 0.6 is 0 Å². The van der Waals surface area contributed by atoms with E-state index in [4.69, 9.17) is 11.5 Å². The minimum Gasteiger partial charge on any atom is -0.369 e. The van der Waals surface area contributed by atoms with Gasteiger partial charge in [0.2, 0.25) is 5.91 Å². The molecule has 1 aliphatic heterocycles. The first-order chi connectivity index (χ1) is 6.47. The SMILES string of the molecule is CCCC1(N)CN(CC(C)C(N)=O)C1. The van der Waals surface area contributed by atoms with Crippen molar-refractivity contribution in [3.05, 3.63) is 0 Å². The molecule has 1 unspecified atom stereocenters. The second kappa shape index (κ2) is 4.28. The first-order valence-corrected chi connectivity index (χ1v) is 5.27. The summed E-state index contributed by atoms with van der Waals surface area (Å²) < 4.78 is 0. The van der Waals surface area contributed by atoms with Crippen LogP contribution in [0.2, 0.25) is 0 Å². The standard InChI is InChI=1S/C10H21N3O/c1-3-4-10(12)6-13(7-10)5-8(2)9(11)14/h8H,3-7,12H2,1-2H3,(H2,11,14). The van der Waals surface area contributed by atoms with E-state index in [2.05, 4.69) is 11.8 Å². The topological polar surface area (TPSA) is 72.3 Å². The van der Waals surface area contributed by atoms with E-state index in [9.17, 15) is 4.79 Å². The third-order valence-corrected chi connectivity index (χ3v) is 2.84. The van der Waals surface area contributed by atoms with Crippen LogP contribution in [-0.2, 0) is 4.79 Å². The third-order valence-electron chi connectivity index (χ3n) is 2.84. The van der Waals surface area contributed by atoms with Crippen molar-refractivity contribution in [2.75, 3.05) is 19.6 Å². The Labute approximate surface area is 85.6 Å². The van der Waals surface area contributed by atoms with Crippen molar-refractivity contribution < 1.29 is 4.79 Å². The average molecular weight is 199 g/mol. The molecule has 0 saturated carbocycles. The Hall–Kier alpha value is -0.610. The number of primary amides is 1. The zero-order valence-corrected chi connectivity index (χ0v) is 9.12. The van der Waals surface area contributed by atoms with Crippen molar-refractivity contribution in [2.24, 2.45) is 17.4 Å². The molecule has 0 spiro atoms. The minimum atomic E-state index is -0.227. The second-order valence-corrected chi connectivity index (χ2v) is 4.59. The summed E-state index contributed by atoms with van der Waals surface area (Å²) in [5.74, 6) is -0.295. The Morgan fingerprint density at radius 2 is 2.14 bits per heavy atom. The number of carbonyl (C=O) groups excluding carboxylic acids is 1. The van der Waals surface area contributed by atoms with Gasteiger partial charge < -0.3 is 11.5 Å². The van der Waals surface area contributed by atoms with Gasteiger partial charge in [0, 0.05) is 31.1 Å². The van der Waals surface area contributed by atoms with Crippen molar-refractivity contribution in [1.82, 2.24) is 4.90 Å². The van der Waals surface area contributed by atoms with Crippen LogP contribution in [0.4, 0.5) is 0 Å². The van der Waals surface area contributed by atoms with E-state index >= 15 is 0 Å². The first-order valence-electron chi connectivity index (χ1n) is 5.27. The van der Waals surface area contributed by atoms with Crippen LogP contribution in [0.5, 0.6) is 0 Å². The maximum Gasteiger partial charge on any atom is 0.221 e. The summed E-state index contributed by atoms with van der Waals surface area (Å²) in [4.78, 5) is 13.0. The van der Waals surface area contributed by atoms with Gasteiger partial charge in [0.05, 0.1) is 0 Å². The van der Waals surface area contributed by atoms with Gasteiger partial charge in [-0.05, 0) is 6.42 Å². The Morgan fingerprint density at radius 3 is 2.57 bits per heavy atom. The van der Waals surface area contributed by atoms with Gasteiger partial charge >= 0.3 is 0 Å². The first kappa shape index (κ1) is 11.5. The molecule has 0 aromatic carbocycles. The largest absolute Gasteiger partial charge is 0.369 e. The Morgan fingerprint density at radius 1 is 1.57 bits per heavy atom. The highest BCUT2D eigenvalue weighted by molar-refractivity contribution is 5.76. The molecule has 0 aliphatic carbocycles. The number of rotatable bonds is 5. The fourth-order valence-corrected chi connectivity index (χ4v) is 2.11. The molecule has 4 N–H and O–H groups in total. The number of amides is 1. The fraction of sp³-hybridized carbons (Fsp3) is 0.900. The predicted octanol–water partition coefficient (Wildman–Crippen LogP) is -0.0790. The van der Waals surface area contributed by atoms with Crippen LogP contribution in [0.25, 0.3) is 0 Å². The summed E-state index contributed by atoms with van der Waals surface area (Å²) in [6, 6.07) is 0. The number of nitrogens with zero attached hydrogens (tertiary/aromatic N) is 1. The molecule has 4 nitrogen and oxygen atoms in total. The van der Waals surface area contributed by atoms with Crippen LogP contribution < -0.4 is 11.5 Å². The summed E-state index contributed by atoms with van der Waals surface area (Å²) in [6.07, 6.45) is 2.18. The van der Waals surface area contributed by atoms with Gasteiger partial charge in [0.25, 0.3) is 0 Å². The molecule has 1 saturated heterocycles. The zero-order valence-electron chi connectivity index (χ0n) is 9.12. The van der Waals surface area contributed by atoms with Gasteiger partial charge in [-0.3, -0.25) is 9.69 Å². The summed E-state index contributed by atoms with van der Waals surface area (Å²) in [6.45, 7) is 6.55. The molecule has 1 aliphatic rings. The minimum absolute atomic E-state index is 0.00782. The predicted molar refractivity (Wildman–Crippen MR) is 56.6 cm³/mol. The number of nitrogens with two attached hydrogens (primary N) is 2. The van der Waals surface area contributed by atoms with Crippen LogP contribution in [0, 0.1) is 5.92 Å². The maximum atomic E-state index is 10.8. The number of carbonyl (C=O) groups is 1. The lowest BCUT2D eigenvalue weighted by Crippen LogP contribution is -2.67. The van der Waals surface area contributed by atoms with Crippen molar-refractivity contribution in [3.8, 4) is 0 Å². The molecule has 4 heteroatoms. The van der Waals surface area contributed by atoms with E-state index < -0.39 is 0 Å². The van der Waals surface area contributed by atoms with Crippen LogP contribution in [0.15, 0.2) is 0 Å². The van der Waals surface area contributed by atoms with Crippen molar-refractivity contribution >= 4 is 5.91 Å². The lowest BCUT2D eigenvalue weighted by atomic mass is 9.86. The van der Waals surface area contributed by atoms with Gasteiger partial charge in [0.15, 0.2) is 0 Å². The second-order valence-electron chi connectivity index (χ2n) is 4.59. The molecule has 1 fully saturated rings. The molecule has 1 heterocycles. The molecule has 0 bridgehead atoms. The van der Waals surface area contributed by atoms with E-state index in [1.54, 1.807) is 0 Å².